The lowest BCUT2D eigenvalue weighted by Gasteiger charge is -2.26. The zero-order valence-corrected chi connectivity index (χ0v) is 24.0. The smallest absolute Gasteiger partial charge is 0.336 e. The maximum atomic E-state index is 10.3. The standard InChI is InChI=1S/C21H31N3O4.C6H8O7/c1-15-17(11-22-23(15)2)13-24(14-18-7-6-10-28-18)12-16-8-9-19(25-3)21(27-5)20(16)26-4;7-3(8)1-6(13,5(11)12)2-4(9)10/h8-9,11,18H,6-7,10,12-14H2,1-5H3;13H,1-2H2,(H,7,8)(H,9,10)(H,11,12). The van der Waals surface area contributed by atoms with Crippen molar-refractivity contribution in [1.82, 2.24) is 14.7 Å². The highest BCUT2D eigenvalue weighted by Crippen LogP contribution is 2.40. The largest absolute Gasteiger partial charge is 0.493 e. The molecule has 1 aromatic carbocycles. The molecule has 0 amide bonds. The third kappa shape index (κ3) is 9.33. The molecule has 3 rings (SSSR count). The number of aliphatic carboxylic acids is 3. The number of nitrogens with zero attached hydrogens (tertiary/aromatic N) is 3. The fraction of sp³-hybridized carbons (Fsp3) is 0.556. The SMILES string of the molecule is COc1ccc(CN(Cc2cnn(C)c2C)CC2CCCO2)c(OC)c1OC.O=C(O)CC(O)(CC(=O)O)C(=O)O. The van der Waals surface area contributed by atoms with Crippen molar-refractivity contribution < 1.29 is 53.8 Å². The number of hydrogen-bond donors (Lipinski definition) is 4. The highest BCUT2D eigenvalue weighted by Gasteiger charge is 2.40. The van der Waals surface area contributed by atoms with E-state index in [9.17, 15) is 14.4 Å². The molecular formula is C27H39N3O11. The maximum Gasteiger partial charge on any atom is 0.336 e. The van der Waals surface area contributed by atoms with Gasteiger partial charge >= 0.3 is 17.9 Å². The maximum absolute atomic E-state index is 10.3. The summed E-state index contributed by atoms with van der Waals surface area (Å²) in [5, 5.41) is 38.2. The highest BCUT2D eigenvalue weighted by atomic mass is 16.5. The lowest BCUT2D eigenvalue weighted by atomic mass is 9.96. The van der Waals surface area contributed by atoms with Crippen LogP contribution in [0.15, 0.2) is 18.3 Å². The monoisotopic (exact) mass is 581 g/mol. The number of aliphatic hydroxyl groups is 1. The number of carbonyl (C=O) groups is 3. The molecule has 0 bridgehead atoms. The number of methoxy groups -OCH3 is 3. The fourth-order valence-corrected chi connectivity index (χ4v) is 4.44. The van der Waals surface area contributed by atoms with E-state index < -0.39 is 36.4 Å². The van der Waals surface area contributed by atoms with Gasteiger partial charge in [0.15, 0.2) is 17.1 Å². The first-order chi connectivity index (χ1) is 19.3. The molecule has 1 atom stereocenters. The van der Waals surface area contributed by atoms with Gasteiger partial charge in [0.05, 0.1) is 46.5 Å². The van der Waals surface area contributed by atoms with Crippen LogP contribution in [-0.2, 0) is 39.3 Å². The second-order valence-corrected chi connectivity index (χ2v) is 9.65. The molecule has 1 fully saturated rings. The predicted octanol–water partition coefficient (Wildman–Crippen LogP) is 1.69. The summed E-state index contributed by atoms with van der Waals surface area (Å²) in [5.74, 6) is -3.02. The number of carboxylic acids is 3. The van der Waals surface area contributed by atoms with Crippen molar-refractivity contribution in [2.75, 3.05) is 34.5 Å². The lowest BCUT2D eigenvalue weighted by Crippen LogP contribution is -2.42. The van der Waals surface area contributed by atoms with Gasteiger partial charge in [-0.25, -0.2) is 4.79 Å². The molecular weight excluding hydrogens is 542 g/mol. The molecule has 0 radical (unpaired) electrons. The van der Waals surface area contributed by atoms with E-state index in [-0.39, 0.29) is 6.10 Å². The van der Waals surface area contributed by atoms with Crippen LogP contribution in [0.2, 0.25) is 0 Å². The van der Waals surface area contributed by atoms with E-state index in [4.69, 9.17) is 39.4 Å². The Kier molecular flexibility index (Phi) is 12.4. The van der Waals surface area contributed by atoms with Crippen LogP contribution in [0.5, 0.6) is 17.2 Å². The summed E-state index contributed by atoms with van der Waals surface area (Å²) in [7, 11) is 6.90. The Balaban J connectivity index is 0.000000383. The molecule has 2 aromatic rings. The van der Waals surface area contributed by atoms with Gasteiger partial charge in [0.1, 0.15) is 0 Å². The molecule has 14 heteroatoms. The van der Waals surface area contributed by atoms with E-state index in [0.717, 1.165) is 44.6 Å². The summed E-state index contributed by atoms with van der Waals surface area (Å²) >= 11 is 0. The third-order valence-corrected chi connectivity index (χ3v) is 6.68. The van der Waals surface area contributed by atoms with E-state index in [1.165, 1.54) is 11.3 Å². The first kappa shape index (κ1) is 33.3. The number of aromatic nitrogens is 2. The van der Waals surface area contributed by atoms with Gasteiger partial charge in [-0.2, -0.15) is 5.10 Å². The van der Waals surface area contributed by atoms with Crippen molar-refractivity contribution in [3.05, 3.63) is 35.2 Å². The van der Waals surface area contributed by atoms with Crippen LogP contribution in [-0.4, -0.2) is 99.2 Å². The molecule has 41 heavy (non-hydrogen) atoms. The van der Waals surface area contributed by atoms with Crippen LogP contribution in [0.1, 0.15) is 42.5 Å². The van der Waals surface area contributed by atoms with Crippen LogP contribution >= 0.6 is 0 Å². The molecule has 14 nitrogen and oxygen atoms in total. The average Bonchev–Trinajstić information content (AvgIpc) is 3.53. The predicted molar refractivity (Wildman–Crippen MR) is 144 cm³/mol. The normalized spacial score (nSPS) is 14.8. The first-order valence-electron chi connectivity index (χ1n) is 12.8. The number of rotatable bonds is 14. The average molecular weight is 582 g/mol. The zero-order valence-electron chi connectivity index (χ0n) is 24.0. The van der Waals surface area contributed by atoms with Crippen LogP contribution in [0, 0.1) is 6.92 Å². The molecule has 228 valence electrons. The van der Waals surface area contributed by atoms with Gasteiger partial charge < -0.3 is 39.4 Å². The Morgan fingerprint density at radius 2 is 1.63 bits per heavy atom. The number of hydrogen-bond acceptors (Lipinski definition) is 10. The number of benzene rings is 1. The fourth-order valence-electron chi connectivity index (χ4n) is 4.44. The summed E-state index contributed by atoms with van der Waals surface area (Å²) < 4.78 is 24.4. The van der Waals surface area contributed by atoms with Gasteiger partial charge in [0.25, 0.3) is 0 Å². The van der Waals surface area contributed by atoms with Gasteiger partial charge in [0.2, 0.25) is 5.75 Å². The molecule has 2 heterocycles. The second-order valence-electron chi connectivity index (χ2n) is 9.65. The van der Waals surface area contributed by atoms with Gasteiger partial charge in [-0.05, 0) is 25.8 Å². The molecule has 1 saturated heterocycles. The van der Waals surface area contributed by atoms with Crippen molar-refractivity contribution in [2.45, 2.75) is 57.4 Å². The van der Waals surface area contributed by atoms with Crippen LogP contribution in [0.25, 0.3) is 0 Å². The van der Waals surface area contributed by atoms with Crippen LogP contribution in [0.3, 0.4) is 0 Å². The van der Waals surface area contributed by atoms with E-state index in [0.29, 0.717) is 17.2 Å². The van der Waals surface area contributed by atoms with Crippen LogP contribution in [0.4, 0.5) is 0 Å². The summed E-state index contributed by atoms with van der Waals surface area (Å²) in [6.45, 7) is 5.34. The number of carboxylic acid groups (broad SMARTS) is 3. The first-order valence-corrected chi connectivity index (χ1v) is 12.8. The van der Waals surface area contributed by atoms with Crippen LogP contribution < -0.4 is 14.2 Å². The number of aryl methyl sites for hydroxylation is 1. The van der Waals surface area contributed by atoms with Gasteiger partial charge in [-0.15, -0.1) is 0 Å². The summed E-state index contributed by atoms with van der Waals surface area (Å²) in [6, 6.07) is 3.97. The molecule has 1 aliphatic heterocycles. The number of ether oxygens (including phenoxy) is 4. The van der Waals surface area contributed by atoms with Gasteiger partial charge in [0, 0.05) is 50.1 Å². The third-order valence-electron chi connectivity index (χ3n) is 6.68. The van der Waals surface area contributed by atoms with Crippen molar-refractivity contribution in [3.63, 3.8) is 0 Å². The molecule has 1 aliphatic rings. The molecule has 0 aliphatic carbocycles. The minimum absolute atomic E-state index is 0.267. The van der Waals surface area contributed by atoms with E-state index in [2.05, 4.69) is 16.9 Å². The van der Waals surface area contributed by atoms with Gasteiger partial charge in [-0.3, -0.25) is 19.2 Å². The topological polar surface area (TPSA) is 190 Å². The molecule has 0 saturated carbocycles. The molecule has 0 spiro atoms. The zero-order chi connectivity index (χ0) is 30.7. The second kappa shape index (κ2) is 15.2. The van der Waals surface area contributed by atoms with Crippen molar-refractivity contribution in [2.24, 2.45) is 7.05 Å². The Bertz CT molecular complexity index is 1180. The minimum Gasteiger partial charge on any atom is -0.493 e. The van der Waals surface area contributed by atoms with E-state index in [1.807, 2.05) is 30.1 Å². The molecule has 1 unspecified atom stereocenters. The highest BCUT2D eigenvalue weighted by molar-refractivity contribution is 5.88. The molecule has 1 aromatic heterocycles. The quantitative estimate of drug-likeness (QED) is 0.252. The van der Waals surface area contributed by atoms with Crippen molar-refractivity contribution in [3.8, 4) is 17.2 Å². The lowest BCUT2D eigenvalue weighted by molar-refractivity contribution is -0.170. The molecule has 4 N–H and O–H groups in total. The van der Waals surface area contributed by atoms with Gasteiger partial charge in [-0.1, -0.05) is 6.07 Å². The van der Waals surface area contributed by atoms with Crippen molar-refractivity contribution >= 4 is 17.9 Å². The summed E-state index contributed by atoms with van der Waals surface area (Å²) in [6.07, 6.45) is 2.16. The van der Waals surface area contributed by atoms with Crippen molar-refractivity contribution in [1.29, 1.82) is 0 Å². The van der Waals surface area contributed by atoms with E-state index >= 15 is 0 Å². The Labute approximate surface area is 238 Å². The van der Waals surface area contributed by atoms with E-state index in [1.54, 1.807) is 21.3 Å². The summed E-state index contributed by atoms with van der Waals surface area (Å²) in [4.78, 5) is 32.9. The Morgan fingerprint density at radius 3 is 2.07 bits per heavy atom. The summed E-state index contributed by atoms with van der Waals surface area (Å²) in [5.41, 5.74) is 0.716. The minimum atomic E-state index is -2.74. The Hall–Kier alpha value is -3.88. The Morgan fingerprint density at radius 1 is 1.02 bits per heavy atom.